The van der Waals surface area contributed by atoms with Crippen molar-refractivity contribution in [3.05, 3.63) is 70.7 Å². The summed E-state index contributed by atoms with van der Waals surface area (Å²) in [6.07, 6.45) is 2.60. The molecule has 0 radical (unpaired) electrons. The molecule has 10 heteroatoms. The predicted octanol–water partition coefficient (Wildman–Crippen LogP) is 3.76. The van der Waals surface area contributed by atoms with Gasteiger partial charge in [-0.3, -0.25) is 4.79 Å². The van der Waals surface area contributed by atoms with E-state index in [1.54, 1.807) is 18.0 Å². The van der Waals surface area contributed by atoms with Gasteiger partial charge in [0.1, 0.15) is 5.75 Å². The van der Waals surface area contributed by atoms with Gasteiger partial charge in [0.05, 0.1) is 18.6 Å². The van der Waals surface area contributed by atoms with Crippen molar-refractivity contribution in [2.24, 2.45) is 0 Å². The molecule has 31 heavy (non-hydrogen) atoms. The summed E-state index contributed by atoms with van der Waals surface area (Å²) in [5, 5.41) is 15.7. The van der Waals surface area contributed by atoms with Gasteiger partial charge in [-0.1, -0.05) is 41.6 Å². The summed E-state index contributed by atoms with van der Waals surface area (Å²) in [5.74, 6) is 0.755. The van der Waals surface area contributed by atoms with E-state index in [2.05, 4.69) is 50.9 Å². The molecule has 0 saturated carbocycles. The molecule has 4 rings (SSSR count). The van der Waals surface area contributed by atoms with Crippen LogP contribution in [-0.2, 0) is 11.2 Å². The zero-order valence-corrected chi connectivity index (χ0v) is 18.6. The summed E-state index contributed by atoms with van der Waals surface area (Å²) < 4.78 is 6.75. The summed E-state index contributed by atoms with van der Waals surface area (Å²) in [4.78, 5) is 17.8. The van der Waals surface area contributed by atoms with Crippen molar-refractivity contribution in [3.8, 4) is 11.4 Å². The molecular weight excluding hydrogens is 432 g/mol. The zero-order valence-electron chi connectivity index (χ0n) is 17.0. The fourth-order valence-corrected chi connectivity index (χ4v) is 4.46. The maximum atomic E-state index is 12.4. The van der Waals surface area contributed by atoms with Gasteiger partial charge in [0.15, 0.2) is 5.13 Å². The first-order chi connectivity index (χ1) is 15.1. The van der Waals surface area contributed by atoms with Crippen LogP contribution in [0.5, 0.6) is 5.75 Å². The van der Waals surface area contributed by atoms with Crippen molar-refractivity contribution in [3.63, 3.8) is 0 Å². The Balaban J connectivity index is 1.33. The highest BCUT2D eigenvalue weighted by Gasteiger charge is 2.13. The van der Waals surface area contributed by atoms with Crippen LogP contribution >= 0.6 is 23.1 Å². The van der Waals surface area contributed by atoms with Crippen molar-refractivity contribution in [1.82, 2.24) is 25.2 Å². The van der Waals surface area contributed by atoms with Crippen LogP contribution in [0.2, 0.25) is 0 Å². The number of carbonyl (C=O) groups excluding carboxylic acids is 1. The number of thiazole rings is 1. The Labute approximate surface area is 187 Å². The molecule has 0 atom stereocenters. The van der Waals surface area contributed by atoms with Crippen LogP contribution in [0.15, 0.2) is 59.9 Å². The molecule has 1 amide bonds. The van der Waals surface area contributed by atoms with Crippen molar-refractivity contribution < 1.29 is 9.53 Å². The van der Waals surface area contributed by atoms with Gasteiger partial charge in [-0.25, -0.2) is 4.98 Å². The summed E-state index contributed by atoms with van der Waals surface area (Å²) in [6, 6.07) is 15.7. The van der Waals surface area contributed by atoms with Gasteiger partial charge in [-0.2, -0.15) is 4.68 Å². The van der Waals surface area contributed by atoms with Gasteiger partial charge in [0, 0.05) is 17.5 Å². The second-order valence-electron chi connectivity index (χ2n) is 6.71. The summed E-state index contributed by atoms with van der Waals surface area (Å²) >= 11 is 2.74. The number of benzene rings is 2. The second-order valence-corrected chi connectivity index (χ2v) is 8.76. The number of amides is 1. The van der Waals surface area contributed by atoms with Crippen molar-refractivity contribution in [2.75, 3.05) is 18.2 Å². The summed E-state index contributed by atoms with van der Waals surface area (Å²) in [6.45, 7) is 2.07. The standard InChI is InChI=1S/C21H20N6O2S2/c1-14-4-3-5-15(10-14)11-18-12-22-20(31-18)23-19(28)13-30-21-24-25-26-27(21)16-6-8-17(29-2)9-7-16/h3-10,12H,11,13H2,1-2H3,(H,22,23,28). The third-order valence-corrected chi connectivity index (χ3v) is 6.18. The van der Waals surface area contributed by atoms with Crippen molar-refractivity contribution in [2.45, 2.75) is 18.5 Å². The minimum absolute atomic E-state index is 0.161. The molecule has 0 unspecified atom stereocenters. The number of aromatic nitrogens is 5. The molecule has 1 N–H and O–H groups in total. The van der Waals surface area contributed by atoms with E-state index in [1.165, 1.54) is 34.2 Å². The molecule has 0 spiro atoms. The highest BCUT2D eigenvalue weighted by molar-refractivity contribution is 7.99. The van der Waals surface area contributed by atoms with Gasteiger partial charge in [0.25, 0.3) is 0 Å². The number of carbonyl (C=O) groups is 1. The Morgan fingerprint density at radius 1 is 1.23 bits per heavy atom. The van der Waals surface area contributed by atoms with Crippen LogP contribution in [0.1, 0.15) is 16.0 Å². The van der Waals surface area contributed by atoms with Crippen LogP contribution in [-0.4, -0.2) is 44.0 Å². The van der Waals surface area contributed by atoms with Crippen LogP contribution in [0, 0.1) is 6.92 Å². The molecule has 4 aromatic rings. The van der Waals surface area contributed by atoms with E-state index in [1.807, 2.05) is 30.3 Å². The molecule has 0 aliphatic carbocycles. The fraction of sp³-hybridized carbons (Fsp3) is 0.190. The molecule has 2 aromatic heterocycles. The van der Waals surface area contributed by atoms with E-state index in [4.69, 9.17) is 4.74 Å². The van der Waals surface area contributed by atoms with Crippen LogP contribution in [0.25, 0.3) is 5.69 Å². The first-order valence-corrected chi connectivity index (χ1v) is 11.3. The maximum Gasteiger partial charge on any atom is 0.236 e. The summed E-state index contributed by atoms with van der Waals surface area (Å²) in [5.41, 5.74) is 3.24. The Kier molecular flexibility index (Phi) is 6.58. The van der Waals surface area contributed by atoms with Gasteiger partial charge in [-0.05, 0) is 47.2 Å². The van der Waals surface area contributed by atoms with Gasteiger partial charge in [0.2, 0.25) is 11.1 Å². The topological polar surface area (TPSA) is 94.8 Å². The average molecular weight is 453 g/mol. The Morgan fingerprint density at radius 3 is 2.84 bits per heavy atom. The molecule has 0 aliphatic heterocycles. The van der Waals surface area contributed by atoms with E-state index < -0.39 is 0 Å². The highest BCUT2D eigenvalue weighted by Crippen LogP contribution is 2.23. The van der Waals surface area contributed by atoms with Crippen molar-refractivity contribution >= 4 is 34.1 Å². The maximum absolute atomic E-state index is 12.4. The number of nitrogens with one attached hydrogen (secondary N) is 1. The highest BCUT2D eigenvalue weighted by atomic mass is 32.2. The molecule has 0 saturated heterocycles. The van der Waals surface area contributed by atoms with Crippen LogP contribution in [0.4, 0.5) is 5.13 Å². The third-order valence-electron chi connectivity index (χ3n) is 4.35. The SMILES string of the molecule is COc1ccc(-n2nnnc2SCC(=O)Nc2ncc(Cc3cccc(C)c3)s2)cc1. The first-order valence-electron chi connectivity index (χ1n) is 9.46. The molecule has 2 heterocycles. The van der Waals surface area contributed by atoms with E-state index in [0.29, 0.717) is 10.3 Å². The minimum Gasteiger partial charge on any atom is -0.497 e. The zero-order chi connectivity index (χ0) is 21.6. The largest absolute Gasteiger partial charge is 0.497 e. The minimum atomic E-state index is -0.161. The Hall–Kier alpha value is -3.24. The molecule has 8 nitrogen and oxygen atoms in total. The quantitative estimate of drug-likeness (QED) is 0.407. The fourth-order valence-electron chi connectivity index (χ4n) is 2.91. The second kappa shape index (κ2) is 9.71. The van der Waals surface area contributed by atoms with Gasteiger partial charge in [-0.15, -0.1) is 16.4 Å². The number of anilines is 1. The number of rotatable bonds is 8. The van der Waals surface area contributed by atoms with Crippen molar-refractivity contribution in [1.29, 1.82) is 0 Å². The smallest absolute Gasteiger partial charge is 0.236 e. The molecule has 0 bridgehead atoms. The lowest BCUT2D eigenvalue weighted by molar-refractivity contribution is -0.113. The number of nitrogens with zero attached hydrogens (tertiary/aromatic N) is 5. The molecular formula is C21H20N6O2S2. The lowest BCUT2D eigenvalue weighted by Gasteiger charge is -2.05. The van der Waals surface area contributed by atoms with Crippen LogP contribution in [0.3, 0.4) is 0 Å². The van der Waals surface area contributed by atoms with E-state index >= 15 is 0 Å². The third kappa shape index (κ3) is 5.47. The molecule has 0 fully saturated rings. The number of hydrogen-bond donors (Lipinski definition) is 1. The molecule has 158 valence electrons. The number of methoxy groups -OCH3 is 1. The lowest BCUT2D eigenvalue weighted by atomic mass is 10.1. The van der Waals surface area contributed by atoms with E-state index in [-0.39, 0.29) is 11.7 Å². The van der Waals surface area contributed by atoms with E-state index in [9.17, 15) is 4.79 Å². The number of hydrogen-bond acceptors (Lipinski definition) is 8. The van der Waals surface area contributed by atoms with Crippen LogP contribution < -0.4 is 10.1 Å². The molecule has 2 aromatic carbocycles. The summed E-state index contributed by atoms with van der Waals surface area (Å²) in [7, 11) is 1.61. The predicted molar refractivity (Wildman–Crippen MR) is 121 cm³/mol. The first kappa shape index (κ1) is 21.0. The monoisotopic (exact) mass is 452 g/mol. The normalized spacial score (nSPS) is 10.8. The number of ether oxygens (including phenoxy) is 1. The number of thioether (sulfide) groups is 1. The van der Waals surface area contributed by atoms with Gasteiger partial charge >= 0.3 is 0 Å². The molecule has 0 aliphatic rings. The van der Waals surface area contributed by atoms with Gasteiger partial charge < -0.3 is 10.1 Å². The average Bonchev–Trinajstić information content (AvgIpc) is 3.42. The Morgan fingerprint density at radius 2 is 2.06 bits per heavy atom. The number of aryl methyl sites for hydroxylation is 1. The lowest BCUT2D eigenvalue weighted by Crippen LogP contribution is -2.14. The van der Waals surface area contributed by atoms with E-state index in [0.717, 1.165) is 22.7 Å². The number of tetrazole rings is 1. The Bertz CT molecular complexity index is 1170.